The Morgan fingerprint density at radius 3 is 2.85 bits per heavy atom. The van der Waals surface area contributed by atoms with Gasteiger partial charge in [0.2, 0.25) is 0 Å². The van der Waals surface area contributed by atoms with Crippen molar-refractivity contribution in [2.45, 2.75) is 25.4 Å². The topological polar surface area (TPSA) is 66.6 Å². The van der Waals surface area contributed by atoms with Crippen LogP contribution in [0.2, 0.25) is 0 Å². The number of rotatable bonds is 3. The summed E-state index contributed by atoms with van der Waals surface area (Å²) in [4.78, 5) is 17.7. The summed E-state index contributed by atoms with van der Waals surface area (Å²) in [7, 11) is 0. The lowest BCUT2D eigenvalue weighted by molar-refractivity contribution is 0.0736. The molecule has 0 unspecified atom stereocenters. The standard InChI is InChI=1S/C20H22N6O/c27-20(17-8-9-26-19(10-17)21-22-23-26)25-13-16-6-7-18(14-25)24(12-16)11-15-4-2-1-3-5-15/h1-5,8-10,16,18H,6-7,11-14H2/t16-,18-/m1/s1. The quantitative estimate of drug-likeness (QED) is 0.711. The first-order valence-corrected chi connectivity index (χ1v) is 9.51. The lowest BCUT2D eigenvalue weighted by atomic mass is 9.94. The molecule has 1 amide bonds. The minimum atomic E-state index is 0.0824. The van der Waals surface area contributed by atoms with Gasteiger partial charge in [-0.3, -0.25) is 9.69 Å². The number of benzene rings is 1. The van der Waals surface area contributed by atoms with Crippen LogP contribution < -0.4 is 0 Å². The summed E-state index contributed by atoms with van der Waals surface area (Å²) >= 11 is 0. The van der Waals surface area contributed by atoms with Gasteiger partial charge in [0.15, 0.2) is 5.65 Å². The largest absolute Gasteiger partial charge is 0.337 e. The molecule has 2 aromatic heterocycles. The number of carbonyl (C=O) groups is 1. The van der Waals surface area contributed by atoms with Gasteiger partial charge in [-0.2, -0.15) is 0 Å². The first kappa shape index (κ1) is 16.4. The summed E-state index contributed by atoms with van der Waals surface area (Å²) in [5.41, 5.74) is 2.60. The lowest BCUT2D eigenvalue weighted by Gasteiger charge is -2.36. The third-order valence-corrected chi connectivity index (χ3v) is 5.79. The summed E-state index contributed by atoms with van der Waals surface area (Å²) in [6.45, 7) is 3.65. The zero-order valence-corrected chi connectivity index (χ0v) is 15.1. The summed E-state index contributed by atoms with van der Waals surface area (Å²) in [6.07, 6.45) is 4.11. The number of nitrogens with zero attached hydrogens (tertiary/aromatic N) is 6. The van der Waals surface area contributed by atoms with Crippen molar-refractivity contribution >= 4 is 11.6 Å². The Hall–Kier alpha value is -2.80. The number of aromatic nitrogens is 4. The van der Waals surface area contributed by atoms with E-state index in [0.717, 1.165) is 32.6 Å². The van der Waals surface area contributed by atoms with Crippen molar-refractivity contribution in [1.82, 2.24) is 29.8 Å². The Balaban J connectivity index is 1.35. The third-order valence-electron chi connectivity index (χ3n) is 5.79. The minimum Gasteiger partial charge on any atom is -0.337 e. The highest BCUT2D eigenvalue weighted by Gasteiger charge is 2.36. The molecular weight excluding hydrogens is 340 g/mol. The summed E-state index contributed by atoms with van der Waals surface area (Å²) in [5.74, 6) is 0.619. The lowest BCUT2D eigenvalue weighted by Crippen LogP contribution is -2.43. The van der Waals surface area contributed by atoms with E-state index in [1.165, 1.54) is 12.0 Å². The molecule has 6 rings (SSSR count). The zero-order chi connectivity index (χ0) is 18.2. The van der Waals surface area contributed by atoms with Crippen molar-refractivity contribution in [3.63, 3.8) is 0 Å². The maximum absolute atomic E-state index is 13.1. The van der Waals surface area contributed by atoms with Gasteiger partial charge < -0.3 is 4.90 Å². The van der Waals surface area contributed by atoms with Crippen LogP contribution in [0.1, 0.15) is 28.8 Å². The number of piperidine rings is 1. The molecule has 7 nitrogen and oxygen atoms in total. The van der Waals surface area contributed by atoms with Crippen molar-refractivity contribution in [2.75, 3.05) is 19.6 Å². The molecule has 0 N–H and O–H groups in total. The highest BCUT2D eigenvalue weighted by molar-refractivity contribution is 5.95. The number of hydrogen-bond acceptors (Lipinski definition) is 5. The molecule has 2 bridgehead atoms. The first-order valence-electron chi connectivity index (χ1n) is 9.51. The molecule has 2 atom stereocenters. The fourth-order valence-corrected chi connectivity index (χ4v) is 4.41. The van der Waals surface area contributed by atoms with Crippen LogP contribution in [0, 0.1) is 5.92 Å². The van der Waals surface area contributed by atoms with E-state index in [1.54, 1.807) is 22.8 Å². The Bertz CT molecular complexity index is 955. The smallest absolute Gasteiger partial charge is 0.254 e. The van der Waals surface area contributed by atoms with Crippen LogP contribution in [0.25, 0.3) is 5.65 Å². The average molecular weight is 362 g/mol. The normalized spacial score (nSPS) is 22.9. The maximum Gasteiger partial charge on any atom is 0.254 e. The van der Waals surface area contributed by atoms with Gasteiger partial charge in [-0.1, -0.05) is 30.3 Å². The maximum atomic E-state index is 13.1. The van der Waals surface area contributed by atoms with Gasteiger partial charge in [-0.05, 0) is 46.9 Å². The highest BCUT2D eigenvalue weighted by Crippen LogP contribution is 2.30. The number of pyridine rings is 1. The van der Waals surface area contributed by atoms with Crippen LogP contribution in [0.15, 0.2) is 48.7 Å². The fraction of sp³-hybridized carbons (Fsp3) is 0.400. The number of hydrogen-bond donors (Lipinski definition) is 0. The average Bonchev–Trinajstić information content (AvgIpc) is 2.99. The molecule has 27 heavy (non-hydrogen) atoms. The minimum absolute atomic E-state index is 0.0824. The molecular formula is C20H22N6O. The number of carbonyl (C=O) groups excluding carboxylic acids is 1. The van der Waals surface area contributed by atoms with Crippen LogP contribution in [-0.4, -0.2) is 61.4 Å². The second kappa shape index (κ2) is 6.74. The summed E-state index contributed by atoms with van der Waals surface area (Å²) in [6, 6.07) is 14.6. The van der Waals surface area contributed by atoms with Crippen molar-refractivity contribution in [1.29, 1.82) is 0 Å². The van der Waals surface area contributed by atoms with E-state index in [0.29, 0.717) is 23.2 Å². The number of fused-ring (bicyclic) bond motifs is 5. The molecule has 0 radical (unpaired) electrons. The van der Waals surface area contributed by atoms with Crippen LogP contribution in [-0.2, 0) is 6.54 Å². The fourth-order valence-electron chi connectivity index (χ4n) is 4.41. The van der Waals surface area contributed by atoms with Crippen molar-refractivity contribution in [3.8, 4) is 0 Å². The highest BCUT2D eigenvalue weighted by atomic mass is 16.2. The number of amides is 1. The molecule has 3 aliphatic heterocycles. The molecule has 1 aromatic carbocycles. The Morgan fingerprint density at radius 2 is 1.96 bits per heavy atom. The van der Waals surface area contributed by atoms with Crippen LogP contribution in [0.3, 0.4) is 0 Å². The molecule has 0 spiro atoms. The van der Waals surface area contributed by atoms with Crippen molar-refractivity contribution in [2.24, 2.45) is 5.92 Å². The predicted octanol–water partition coefficient (Wildman–Crippen LogP) is 1.86. The van der Waals surface area contributed by atoms with Crippen LogP contribution in [0.4, 0.5) is 0 Å². The Morgan fingerprint density at radius 1 is 1.07 bits per heavy atom. The van der Waals surface area contributed by atoms with Gasteiger partial charge in [0.1, 0.15) is 0 Å². The molecule has 5 heterocycles. The van der Waals surface area contributed by atoms with Gasteiger partial charge in [-0.25, -0.2) is 4.52 Å². The van der Waals surface area contributed by atoms with E-state index < -0.39 is 0 Å². The van der Waals surface area contributed by atoms with E-state index >= 15 is 0 Å². The van der Waals surface area contributed by atoms with Crippen molar-refractivity contribution in [3.05, 3.63) is 59.8 Å². The summed E-state index contributed by atoms with van der Waals surface area (Å²) < 4.78 is 1.57. The van der Waals surface area contributed by atoms with Crippen LogP contribution >= 0.6 is 0 Å². The van der Waals surface area contributed by atoms with E-state index in [9.17, 15) is 4.79 Å². The summed E-state index contributed by atoms with van der Waals surface area (Å²) in [5, 5.41) is 11.4. The monoisotopic (exact) mass is 362 g/mol. The van der Waals surface area contributed by atoms with Gasteiger partial charge in [0.05, 0.1) is 0 Å². The number of tetrazole rings is 1. The molecule has 3 saturated heterocycles. The van der Waals surface area contributed by atoms with Crippen molar-refractivity contribution < 1.29 is 4.79 Å². The molecule has 3 aliphatic rings. The first-order chi connectivity index (χ1) is 13.3. The second-order valence-corrected chi connectivity index (χ2v) is 7.62. The van der Waals surface area contributed by atoms with Gasteiger partial charge in [0, 0.05) is 44.0 Å². The van der Waals surface area contributed by atoms with Gasteiger partial charge in [0.25, 0.3) is 5.91 Å². The van der Waals surface area contributed by atoms with Gasteiger partial charge in [-0.15, -0.1) is 5.10 Å². The Kier molecular flexibility index (Phi) is 4.09. The molecule has 3 aromatic rings. The van der Waals surface area contributed by atoms with E-state index in [2.05, 4.69) is 50.8 Å². The molecule has 3 fully saturated rings. The molecule has 138 valence electrons. The molecule has 7 heteroatoms. The van der Waals surface area contributed by atoms with E-state index in [1.807, 2.05) is 4.90 Å². The molecule has 0 aliphatic carbocycles. The predicted molar refractivity (Wildman–Crippen MR) is 100 cm³/mol. The SMILES string of the molecule is O=C(c1ccn2nnnc2c1)N1C[C@@H]2CC[C@H](C1)N(Cc1ccccc1)C2. The molecule has 0 saturated carbocycles. The van der Waals surface area contributed by atoms with Crippen LogP contribution in [0.5, 0.6) is 0 Å². The van der Waals surface area contributed by atoms with Gasteiger partial charge >= 0.3 is 0 Å². The Labute approximate surface area is 157 Å². The van der Waals surface area contributed by atoms with E-state index in [-0.39, 0.29) is 5.91 Å². The third kappa shape index (κ3) is 3.19. The zero-order valence-electron chi connectivity index (χ0n) is 15.1. The van der Waals surface area contributed by atoms with E-state index in [4.69, 9.17) is 0 Å². The second-order valence-electron chi connectivity index (χ2n) is 7.62.